The summed E-state index contributed by atoms with van der Waals surface area (Å²) in [5.74, 6) is -3.28. The number of carbonyl (C=O) groups is 1. The Kier molecular flexibility index (Phi) is 7.29. The van der Waals surface area contributed by atoms with Crippen molar-refractivity contribution in [3.8, 4) is 5.88 Å². The van der Waals surface area contributed by atoms with Gasteiger partial charge in [-0.25, -0.2) is 18.6 Å². The first kappa shape index (κ1) is 23.2. The number of carbonyl (C=O) groups excluding carboxylic acids is 1. The number of pyridine rings is 1. The summed E-state index contributed by atoms with van der Waals surface area (Å²) in [6, 6.07) is 2.55. The lowest BCUT2D eigenvalue weighted by molar-refractivity contribution is -0.188. The van der Waals surface area contributed by atoms with Gasteiger partial charge in [-0.15, -0.1) is 0 Å². The molecule has 5 nitrogen and oxygen atoms in total. The lowest BCUT2D eigenvalue weighted by Gasteiger charge is -2.19. The third-order valence-corrected chi connectivity index (χ3v) is 4.98. The molecule has 1 heterocycles. The Bertz CT molecular complexity index is 693. The Balaban J connectivity index is 0.00000145. The lowest BCUT2D eigenvalue weighted by atomic mass is 10.0. The first-order chi connectivity index (χ1) is 13.6. The van der Waals surface area contributed by atoms with Gasteiger partial charge in [0.1, 0.15) is 0 Å². The number of hydrogen-bond donors (Lipinski definition) is 2. The summed E-state index contributed by atoms with van der Waals surface area (Å²) >= 11 is 0. The van der Waals surface area contributed by atoms with Crippen molar-refractivity contribution in [2.45, 2.75) is 58.2 Å². The van der Waals surface area contributed by atoms with E-state index in [1.165, 1.54) is 12.3 Å². The van der Waals surface area contributed by atoms with Crippen LogP contribution in [-0.2, 0) is 6.54 Å². The number of aromatic nitrogens is 1. The Morgan fingerprint density at radius 3 is 2.48 bits per heavy atom. The average molecular weight is 423 g/mol. The van der Waals surface area contributed by atoms with Crippen LogP contribution in [0.2, 0.25) is 0 Å². The van der Waals surface area contributed by atoms with Gasteiger partial charge in [-0.3, -0.25) is 0 Å². The first-order valence-electron chi connectivity index (χ1n) is 9.65. The van der Waals surface area contributed by atoms with Gasteiger partial charge in [-0.05, 0) is 30.9 Å². The minimum atomic E-state index is -4.23. The van der Waals surface area contributed by atoms with Gasteiger partial charge in [0.25, 0.3) is 5.92 Å². The van der Waals surface area contributed by atoms with Crippen LogP contribution < -0.4 is 15.4 Å². The quantitative estimate of drug-likeness (QED) is 0.597. The molecule has 0 saturated heterocycles. The molecule has 10 heteroatoms. The number of hydrogen-bond acceptors (Lipinski definition) is 3. The Morgan fingerprint density at radius 1 is 1.28 bits per heavy atom. The molecule has 1 atom stereocenters. The zero-order valence-electron chi connectivity index (χ0n) is 16.4. The van der Waals surface area contributed by atoms with E-state index in [0.29, 0.717) is 5.56 Å². The summed E-state index contributed by atoms with van der Waals surface area (Å²) < 4.78 is 69.3. The molecule has 0 radical (unpaired) electrons. The van der Waals surface area contributed by atoms with Crippen molar-refractivity contribution < 1.29 is 31.5 Å². The third-order valence-electron chi connectivity index (χ3n) is 4.98. The van der Waals surface area contributed by atoms with Crippen molar-refractivity contribution >= 4 is 6.03 Å². The largest absolute Gasteiger partial charge is 0.477 e. The fourth-order valence-corrected chi connectivity index (χ4v) is 2.76. The summed E-state index contributed by atoms with van der Waals surface area (Å²) in [7, 11) is 0. The number of urea groups is 1. The number of ether oxygens (including phenoxy) is 1. The summed E-state index contributed by atoms with van der Waals surface area (Å²) in [6.45, 7) is 3.92. The van der Waals surface area contributed by atoms with Crippen LogP contribution in [0.25, 0.3) is 0 Å². The van der Waals surface area contributed by atoms with Gasteiger partial charge in [0.05, 0.1) is 17.9 Å². The van der Waals surface area contributed by atoms with Crippen LogP contribution in [0.1, 0.15) is 45.1 Å². The molecule has 2 saturated carbocycles. The van der Waals surface area contributed by atoms with Crippen molar-refractivity contribution in [3.63, 3.8) is 0 Å². The van der Waals surface area contributed by atoms with E-state index in [-0.39, 0.29) is 51.3 Å². The van der Waals surface area contributed by atoms with Gasteiger partial charge < -0.3 is 15.4 Å². The van der Waals surface area contributed by atoms with Crippen LogP contribution in [-0.4, -0.2) is 36.3 Å². The Hall–Kier alpha value is -2.13. The monoisotopic (exact) mass is 423 g/mol. The van der Waals surface area contributed by atoms with Crippen molar-refractivity contribution in [1.82, 2.24) is 15.6 Å². The molecule has 0 aromatic carbocycles. The van der Waals surface area contributed by atoms with Gasteiger partial charge >= 0.3 is 12.2 Å². The summed E-state index contributed by atoms with van der Waals surface area (Å²) in [5, 5.41) is 4.94. The molecule has 2 amide bonds. The zero-order valence-corrected chi connectivity index (χ0v) is 16.4. The van der Waals surface area contributed by atoms with E-state index < -0.39 is 29.5 Å². The SMILES string of the molecule is CC.O=C(NCCC1(C(F)(F)F)CC1)NCc1ccnc(OCC2CC2(F)F)c1. The fraction of sp³-hybridized carbons (Fsp3) is 0.684. The molecule has 29 heavy (non-hydrogen) atoms. The number of nitrogens with zero attached hydrogens (tertiary/aromatic N) is 1. The van der Waals surface area contributed by atoms with E-state index in [1.807, 2.05) is 13.8 Å². The molecule has 3 rings (SSSR count). The molecular formula is C19H26F5N3O2. The highest BCUT2D eigenvalue weighted by atomic mass is 19.4. The minimum absolute atomic E-state index is 0.0638. The topological polar surface area (TPSA) is 63.2 Å². The van der Waals surface area contributed by atoms with Crippen molar-refractivity contribution in [2.75, 3.05) is 13.2 Å². The van der Waals surface area contributed by atoms with Crippen molar-refractivity contribution in [2.24, 2.45) is 11.3 Å². The molecule has 1 unspecified atom stereocenters. The average Bonchev–Trinajstić information content (AvgIpc) is 3.57. The molecule has 2 aliphatic carbocycles. The number of halogens is 5. The molecule has 164 valence electrons. The maximum atomic E-state index is 12.8. The second-order valence-electron chi connectivity index (χ2n) is 7.11. The van der Waals surface area contributed by atoms with Gasteiger partial charge in [0.2, 0.25) is 5.88 Å². The van der Waals surface area contributed by atoms with E-state index in [0.717, 1.165) is 0 Å². The van der Waals surface area contributed by atoms with Gasteiger partial charge in [-0.2, -0.15) is 13.2 Å². The van der Waals surface area contributed by atoms with Crippen LogP contribution in [0.4, 0.5) is 26.7 Å². The first-order valence-corrected chi connectivity index (χ1v) is 9.65. The van der Waals surface area contributed by atoms with E-state index in [9.17, 15) is 26.7 Å². The standard InChI is InChI=1S/C17H20F5N3O2.C2H6/c18-16(19)8-12(16)10-27-13-7-11(1-5-23-13)9-25-14(26)24-6-4-15(2-3-15)17(20,21)22;1-2/h1,5,7,12H,2-4,6,8-10H2,(H2,24,25,26);1-2H3. The highest BCUT2D eigenvalue weighted by Gasteiger charge is 2.62. The Labute approximate surface area is 166 Å². The van der Waals surface area contributed by atoms with Crippen molar-refractivity contribution in [3.05, 3.63) is 23.9 Å². The predicted octanol–water partition coefficient (Wildman–Crippen LogP) is 4.67. The second kappa shape index (κ2) is 9.13. The van der Waals surface area contributed by atoms with E-state index in [4.69, 9.17) is 4.74 Å². The Morgan fingerprint density at radius 2 is 1.93 bits per heavy atom. The maximum absolute atomic E-state index is 12.8. The van der Waals surface area contributed by atoms with Gasteiger partial charge in [0.15, 0.2) is 0 Å². The molecule has 1 aromatic rings. The molecule has 2 aliphatic rings. The third kappa shape index (κ3) is 6.43. The number of rotatable bonds is 8. The molecule has 0 bridgehead atoms. The van der Waals surface area contributed by atoms with Crippen LogP contribution in [0.5, 0.6) is 5.88 Å². The molecule has 2 fully saturated rings. The number of amides is 2. The van der Waals surface area contributed by atoms with E-state index in [1.54, 1.807) is 6.07 Å². The molecule has 0 aliphatic heterocycles. The smallest absolute Gasteiger partial charge is 0.394 e. The summed E-state index contributed by atoms with van der Waals surface area (Å²) in [4.78, 5) is 15.6. The van der Waals surface area contributed by atoms with Crippen molar-refractivity contribution in [1.29, 1.82) is 0 Å². The highest BCUT2D eigenvalue weighted by molar-refractivity contribution is 5.73. The number of alkyl halides is 5. The highest BCUT2D eigenvalue weighted by Crippen LogP contribution is 2.59. The predicted molar refractivity (Wildman–Crippen MR) is 96.7 cm³/mol. The van der Waals surface area contributed by atoms with Crippen LogP contribution >= 0.6 is 0 Å². The van der Waals surface area contributed by atoms with Crippen LogP contribution in [0.3, 0.4) is 0 Å². The molecular weight excluding hydrogens is 397 g/mol. The van der Waals surface area contributed by atoms with E-state index in [2.05, 4.69) is 15.6 Å². The zero-order chi connectivity index (χ0) is 21.7. The molecule has 2 N–H and O–H groups in total. The summed E-state index contributed by atoms with van der Waals surface area (Å²) in [5.41, 5.74) is -1.01. The van der Waals surface area contributed by atoms with Crippen LogP contribution in [0, 0.1) is 11.3 Å². The minimum Gasteiger partial charge on any atom is -0.477 e. The van der Waals surface area contributed by atoms with Gasteiger partial charge in [0, 0.05) is 31.8 Å². The summed E-state index contributed by atoms with van der Waals surface area (Å²) in [6.07, 6.45) is -2.93. The lowest BCUT2D eigenvalue weighted by Crippen LogP contribution is -2.37. The second-order valence-corrected chi connectivity index (χ2v) is 7.11. The molecule has 1 aromatic heterocycles. The fourth-order valence-electron chi connectivity index (χ4n) is 2.76. The van der Waals surface area contributed by atoms with Crippen LogP contribution in [0.15, 0.2) is 18.3 Å². The van der Waals surface area contributed by atoms with E-state index >= 15 is 0 Å². The maximum Gasteiger partial charge on any atom is 0.394 e. The number of nitrogens with one attached hydrogen (secondary N) is 2. The van der Waals surface area contributed by atoms with Gasteiger partial charge in [-0.1, -0.05) is 13.8 Å². The normalized spacial score (nSPS) is 20.7. The molecule has 0 spiro atoms.